The number of rotatable bonds is 7. The van der Waals surface area contributed by atoms with Gasteiger partial charge in [-0.15, -0.1) is 0 Å². The second kappa shape index (κ2) is 11.2. The van der Waals surface area contributed by atoms with E-state index in [1.54, 1.807) is 43.3 Å². The number of amides is 2. The lowest BCUT2D eigenvalue weighted by atomic mass is 10.2. The number of benzene rings is 3. The van der Waals surface area contributed by atoms with Crippen LogP contribution in [0.5, 0.6) is 5.75 Å². The molecule has 7 nitrogen and oxygen atoms in total. The summed E-state index contributed by atoms with van der Waals surface area (Å²) >= 11 is 0. The van der Waals surface area contributed by atoms with Crippen molar-refractivity contribution in [2.45, 2.75) is 6.92 Å². The zero-order valence-corrected chi connectivity index (χ0v) is 17.7. The van der Waals surface area contributed by atoms with E-state index in [1.165, 1.54) is 48.6 Å². The summed E-state index contributed by atoms with van der Waals surface area (Å²) in [6, 6.07) is 18.5. The molecule has 2 N–H and O–H groups in total. The van der Waals surface area contributed by atoms with E-state index in [0.29, 0.717) is 22.5 Å². The van der Waals surface area contributed by atoms with E-state index < -0.39 is 6.16 Å². The Morgan fingerprint density at radius 3 is 2.21 bits per heavy atom. The van der Waals surface area contributed by atoms with Crippen LogP contribution in [0.3, 0.4) is 0 Å². The van der Waals surface area contributed by atoms with Crippen LogP contribution >= 0.6 is 0 Å². The van der Waals surface area contributed by atoms with Crippen LogP contribution in [-0.4, -0.2) is 24.6 Å². The normalized spacial score (nSPS) is 10.5. The highest BCUT2D eigenvalue weighted by molar-refractivity contribution is 6.05. The van der Waals surface area contributed by atoms with Crippen LogP contribution in [0, 0.1) is 5.82 Å². The fourth-order valence-electron chi connectivity index (χ4n) is 2.72. The van der Waals surface area contributed by atoms with E-state index in [1.807, 2.05) is 0 Å². The average molecular weight is 448 g/mol. The van der Waals surface area contributed by atoms with E-state index in [9.17, 15) is 18.8 Å². The van der Waals surface area contributed by atoms with Crippen molar-refractivity contribution in [3.05, 3.63) is 95.8 Å². The highest BCUT2D eigenvalue weighted by Gasteiger charge is 2.09. The topological polar surface area (TPSA) is 93.7 Å². The zero-order chi connectivity index (χ0) is 23.6. The Bertz CT molecular complexity index is 1160. The van der Waals surface area contributed by atoms with Crippen LogP contribution in [0.2, 0.25) is 0 Å². The van der Waals surface area contributed by atoms with Gasteiger partial charge in [0.2, 0.25) is 5.91 Å². The predicted molar refractivity (Wildman–Crippen MR) is 123 cm³/mol. The Labute approximate surface area is 189 Å². The molecule has 0 spiro atoms. The summed E-state index contributed by atoms with van der Waals surface area (Å²) in [5.74, 6) is -0.846. The third kappa shape index (κ3) is 7.32. The Balaban J connectivity index is 1.53. The molecular formula is C25H21FN2O5. The van der Waals surface area contributed by atoms with Gasteiger partial charge in [-0.05, 0) is 79.2 Å². The minimum Gasteiger partial charge on any atom is -0.434 e. The molecule has 0 aliphatic heterocycles. The molecule has 3 aromatic carbocycles. The summed E-state index contributed by atoms with van der Waals surface area (Å²) < 4.78 is 22.8. The van der Waals surface area contributed by atoms with E-state index in [2.05, 4.69) is 10.6 Å². The monoisotopic (exact) mass is 448 g/mol. The first-order chi connectivity index (χ1) is 15.9. The summed E-state index contributed by atoms with van der Waals surface area (Å²) in [7, 11) is 0. The molecule has 168 valence electrons. The van der Waals surface area contributed by atoms with Gasteiger partial charge in [-0.25, -0.2) is 9.18 Å². The van der Waals surface area contributed by atoms with Crippen molar-refractivity contribution >= 4 is 35.4 Å². The molecule has 33 heavy (non-hydrogen) atoms. The quantitative estimate of drug-likeness (QED) is 0.292. The van der Waals surface area contributed by atoms with Gasteiger partial charge in [0.25, 0.3) is 5.91 Å². The van der Waals surface area contributed by atoms with Gasteiger partial charge in [0.1, 0.15) is 11.6 Å². The maximum absolute atomic E-state index is 13.2. The van der Waals surface area contributed by atoms with Crippen LogP contribution in [0.1, 0.15) is 22.8 Å². The molecule has 0 atom stereocenters. The number of hydrogen-bond donors (Lipinski definition) is 2. The fraction of sp³-hybridized carbons (Fsp3) is 0.0800. The molecule has 8 heteroatoms. The van der Waals surface area contributed by atoms with Crippen molar-refractivity contribution in [1.29, 1.82) is 0 Å². The first-order valence-corrected chi connectivity index (χ1v) is 10.0. The molecule has 0 saturated heterocycles. The first-order valence-electron chi connectivity index (χ1n) is 10.0. The number of ether oxygens (including phenoxy) is 2. The Morgan fingerprint density at radius 2 is 1.58 bits per heavy atom. The first kappa shape index (κ1) is 23.2. The standard InChI is InChI=1S/C25H21FN2O5/c1-2-32-25(31)33-22-13-7-18(8-14-22)24(30)28-21-11-9-20(10-12-21)27-23(29)15-6-17-4-3-5-19(26)16-17/h3-16H,2H2,1H3,(H,27,29)(H,28,30)/b15-6+. The Hall–Kier alpha value is -4.46. The van der Waals surface area contributed by atoms with E-state index in [0.717, 1.165) is 0 Å². The van der Waals surface area contributed by atoms with Gasteiger partial charge in [0, 0.05) is 23.0 Å². The molecule has 0 unspecified atom stereocenters. The van der Waals surface area contributed by atoms with Crippen molar-refractivity contribution in [3.8, 4) is 5.75 Å². The number of hydrogen-bond acceptors (Lipinski definition) is 5. The second-order valence-electron chi connectivity index (χ2n) is 6.72. The van der Waals surface area contributed by atoms with Crippen LogP contribution in [0.4, 0.5) is 20.6 Å². The van der Waals surface area contributed by atoms with Crippen LogP contribution in [0.15, 0.2) is 78.9 Å². The van der Waals surface area contributed by atoms with Gasteiger partial charge in [-0.2, -0.15) is 0 Å². The van der Waals surface area contributed by atoms with Crippen molar-refractivity contribution in [2.75, 3.05) is 17.2 Å². The molecule has 0 heterocycles. The molecule has 3 rings (SSSR count). The number of carbonyl (C=O) groups excluding carboxylic acids is 3. The maximum Gasteiger partial charge on any atom is 0.513 e. The summed E-state index contributed by atoms with van der Waals surface area (Å²) in [6.07, 6.45) is 2.00. The molecular weight excluding hydrogens is 427 g/mol. The zero-order valence-electron chi connectivity index (χ0n) is 17.7. The van der Waals surface area contributed by atoms with E-state index in [-0.39, 0.29) is 30.0 Å². The van der Waals surface area contributed by atoms with Gasteiger partial charge >= 0.3 is 6.16 Å². The van der Waals surface area contributed by atoms with Gasteiger partial charge in [-0.3, -0.25) is 9.59 Å². The van der Waals surface area contributed by atoms with Crippen molar-refractivity contribution < 1.29 is 28.2 Å². The molecule has 3 aromatic rings. The van der Waals surface area contributed by atoms with Crippen molar-refractivity contribution in [3.63, 3.8) is 0 Å². The third-order valence-electron chi connectivity index (χ3n) is 4.27. The largest absolute Gasteiger partial charge is 0.513 e. The molecule has 0 aliphatic rings. The molecule has 0 saturated carbocycles. The van der Waals surface area contributed by atoms with Gasteiger partial charge in [0.05, 0.1) is 6.61 Å². The lowest BCUT2D eigenvalue weighted by Crippen LogP contribution is -2.13. The lowest BCUT2D eigenvalue weighted by Gasteiger charge is -2.08. The Kier molecular flexibility index (Phi) is 7.91. The van der Waals surface area contributed by atoms with Gasteiger partial charge in [0.15, 0.2) is 0 Å². The third-order valence-corrected chi connectivity index (χ3v) is 4.27. The minimum atomic E-state index is -0.814. The molecule has 0 aromatic heterocycles. The van der Waals surface area contributed by atoms with Crippen LogP contribution in [0.25, 0.3) is 6.08 Å². The number of nitrogens with one attached hydrogen (secondary N) is 2. The Morgan fingerprint density at radius 1 is 0.909 bits per heavy atom. The highest BCUT2D eigenvalue weighted by Crippen LogP contribution is 2.17. The summed E-state index contributed by atoms with van der Waals surface area (Å²) in [5, 5.41) is 5.42. The fourth-order valence-corrected chi connectivity index (χ4v) is 2.72. The SMILES string of the molecule is CCOC(=O)Oc1ccc(C(=O)Nc2ccc(NC(=O)/C=C/c3cccc(F)c3)cc2)cc1. The summed E-state index contributed by atoms with van der Waals surface area (Å²) in [4.78, 5) is 35.8. The summed E-state index contributed by atoms with van der Waals surface area (Å²) in [6.45, 7) is 1.87. The van der Waals surface area contributed by atoms with E-state index >= 15 is 0 Å². The van der Waals surface area contributed by atoms with Crippen molar-refractivity contribution in [2.24, 2.45) is 0 Å². The minimum absolute atomic E-state index is 0.202. The molecule has 2 amide bonds. The molecule has 0 aliphatic carbocycles. The predicted octanol–water partition coefficient (Wildman–Crippen LogP) is 5.27. The molecule has 0 radical (unpaired) electrons. The van der Waals surface area contributed by atoms with Crippen LogP contribution in [-0.2, 0) is 9.53 Å². The molecule has 0 fully saturated rings. The number of halogens is 1. The lowest BCUT2D eigenvalue weighted by molar-refractivity contribution is -0.111. The van der Waals surface area contributed by atoms with E-state index in [4.69, 9.17) is 9.47 Å². The van der Waals surface area contributed by atoms with Gasteiger partial charge in [-0.1, -0.05) is 12.1 Å². The van der Waals surface area contributed by atoms with Crippen LogP contribution < -0.4 is 15.4 Å². The smallest absolute Gasteiger partial charge is 0.434 e. The van der Waals surface area contributed by atoms with Crippen molar-refractivity contribution in [1.82, 2.24) is 0 Å². The summed E-state index contributed by atoms with van der Waals surface area (Å²) in [5.41, 5.74) is 2.00. The number of carbonyl (C=O) groups is 3. The average Bonchev–Trinajstić information content (AvgIpc) is 2.80. The second-order valence-corrected chi connectivity index (χ2v) is 6.72. The number of anilines is 2. The maximum atomic E-state index is 13.2. The molecule has 0 bridgehead atoms. The van der Waals surface area contributed by atoms with Gasteiger partial charge < -0.3 is 20.1 Å². The highest BCUT2D eigenvalue weighted by atomic mass is 19.1.